The van der Waals surface area contributed by atoms with Crippen molar-refractivity contribution in [2.75, 3.05) is 26.4 Å². The summed E-state index contributed by atoms with van der Waals surface area (Å²) >= 11 is 0. The Hall–Kier alpha value is -3.39. The van der Waals surface area contributed by atoms with E-state index in [0.29, 0.717) is 19.8 Å². The largest absolute Gasteiger partial charge is 0.481 e. The van der Waals surface area contributed by atoms with Crippen LogP contribution in [-0.2, 0) is 19.1 Å². The number of ether oxygens (including phenoxy) is 2. The molecule has 8 heteroatoms. The van der Waals surface area contributed by atoms with E-state index in [1.807, 2.05) is 43.3 Å². The molecule has 180 valence electrons. The number of nitrogens with one attached hydrogen (secondary N) is 2. The highest BCUT2D eigenvalue weighted by atomic mass is 16.5. The normalized spacial score (nSPS) is 16.5. The number of carboxylic acids is 1. The molecule has 2 amide bonds. The predicted molar refractivity (Wildman–Crippen MR) is 125 cm³/mol. The summed E-state index contributed by atoms with van der Waals surface area (Å²) in [6, 6.07) is 15.0. The summed E-state index contributed by atoms with van der Waals surface area (Å²) in [5.41, 5.74) is 4.32. The van der Waals surface area contributed by atoms with E-state index in [9.17, 15) is 14.4 Å². The predicted octanol–water partition coefficient (Wildman–Crippen LogP) is 3.30. The molecule has 1 saturated heterocycles. The van der Waals surface area contributed by atoms with Gasteiger partial charge in [0, 0.05) is 24.3 Å². The second-order valence-electron chi connectivity index (χ2n) is 9.02. The number of alkyl carbamates (subject to hydrolysis) is 1. The molecular formula is C26H30N2O6. The molecule has 1 fully saturated rings. The van der Waals surface area contributed by atoms with Crippen LogP contribution in [0, 0.1) is 5.41 Å². The minimum absolute atomic E-state index is 0.0268. The van der Waals surface area contributed by atoms with Gasteiger partial charge in [0.15, 0.2) is 0 Å². The molecule has 2 aromatic carbocycles. The number of fused-ring (bicyclic) bond motifs is 3. The number of amides is 2. The lowest BCUT2D eigenvalue weighted by Crippen LogP contribution is -2.54. The molecule has 1 unspecified atom stereocenters. The fourth-order valence-corrected chi connectivity index (χ4v) is 4.54. The van der Waals surface area contributed by atoms with Gasteiger partial charge in [0.05, 0.1) is 13.2 Å². The summed E-state index contributed by atoms with van der Waals surface area (Å²) < 4.78 is 10.8. The Labute approximate surface area is 198 Å². The Balaban J connectivity index is 1.38. The van der Waals surface area contributed by atoms with Crippen molar-refractivity contribution < 1.29 is 29.0 Å². The molecule has 0 spiro atoms. The maximum atomic E-state index is 12.8. The van der Waals surface area contributed by atoms with Crippen LogP contribution in [-0.4, -0.2) is 55.5 Å². The van der Waals surface area contributed by atoms with E-state index in [2.05, 4.69) is 22.8 Å². The Morgan fingerprint density at radius 1 is 1.09 bits per heavy atom. The van der Waals surface area contributed by atoms with Gasteiger partial charge in [-0.3, -0.25) is 9.59 Å². The minimum atomic E-state index is -1.04. The number of benzene rings is 2. The van der Waals surface area contributed by atoms with Gasteiger partial charge < -0.3 is 25.2 Å². The summed E-state index contributed by atoms with van der Waals surface area (Å²) in [4.78, 5) is 36.5. The third-order valence-electron chi connectivity index (χ3n) is 6.80. The second-order valence-corrected chi connectivity index (χ2v) is 9.02. The zero-order valence-electron chi connectivity index (χ0n) is 19.2. The maximum absolute atomic E-state index is 12.8. The molecule has 1 aliphatic carbocycles. The summed E-state index contributed by atoms with van der Waals surface area (Å²) in [6.45, 7) is 3.71. The van der Waals surface area contributed by atoms with Crippen LogP contribution < -0.4 is 10.6 Å². The SMILES string of the molecule is CCC1(CNC(=O)C(CCC(=O)O)NC(=O)OCC2c3ccccc3-c3ccccc32)COC1. The first-order chi connectivity index (χ1) is 16.4. The van der Waals surface area contributed by atoms with Gasteiger partial charge in [-0.15, -0.1) is 0 Å². The topological polar surface area (TPSA) is 114 Å². The van der Waals surface area contributed by atoms with Crippen LogP contribution in [0.4, 0.5) is 4.79 Å². The third kappa shape index (κ3) is 5.07. The molecule has 0 aromatic heterocycles. The number of carboxylic acid groups (broad SMARTS) is 1. The van der Waals surface area contributed by atoms with Crippen molar-refractivity contribution in [2.45, 2.75) is 38.1 Å². The average molecular weight is 467 g/mol. The van der Waals surface area contributed by atoms with E-state index < -0.39 is 24.0 Å². The van der Waals surface area contributed by atoms with Gasteiger partial charge in [-0.25, -0.2) is 4.79 Å². The summed E-state index contributed by atoms with van der Waals surface area (Å²) in [5.74, 6) is -1.56. The van der Waals surface area contributed by atoms with E-state index in [-0.39, 0.29) is 30.8 Å². The van der Waals surface area contributed by atoms with Crippen molar-refractivity contribution in [1.82, 2.24) is 10.6 Å². The van der Waals surface area contributed by atoms with Gasteiger partial charge in [-0.2, -0.15) is 0 Å². The molecule has 1 aliphatic heterocycles. The monoisotopic (exact) mass is 466 g/mol. The van der Waals surface area contributed by atoms with Gasteiger partial charge in [0.1, 0.15) is 12.6 Å². The Bertz CT molecular complexity index is 1010. The van der Waals surface area contributed by atoms with Gasteiger partial charge in [0.2, 0.25) is 5.91 Å². The van der Waals surface area contributed by atoms with Crippen molar-refractivity contribution in [3.05, 3.63) is 59.7 Å². The highest BCUT2D eigenvalue weighted by molar-refractivity contribution is 5.86. The smallest absolute Gasteiger partial charge is 0.407 e. The number of carbonyl (C=O) groups is 3. The lowest BCUT2D eigenvalue weighted by Gasteiger charge is -2.41. The van der Waals surface area contributed by atoms with Crippen molar-refractivity contribution >= 4 is 18.0 Å². The average Bonchev–Trinajstić information content (AvgIpc) is 3.13. The number of rotatable bonds is 10. The molecule has 0 saturated carbocycles. The highest BCUT2D eigenvalue weighted by Crippen LogP contribution is 2.44. The van der Waals surface area contributed by atoms with Gasteiger partial charge in [-0.05, 0) is 35.1 Å². The Kier molecular flexibility index (Phi) is 7.17. The molecule has 0 radical (unpaired) electrons. The van der Waals surface area contributed by atoms with Crippen LogP contribution in [0.5, 0.6) is 0 Å². The Morgan fingerprint density at radius 3 is 2.24 bits per heavy atom. The third-order valence-corrected chi connectivity index (χ3v) is 6.80. The number of aliphatic carboxylic acids is 1. The zero-order chi connectivity index (χ0) is 24.1. The van der Waals surface area contributed by atoms with Crippen molar-refractivity contribution in [2.24, 2.45) is 5.41 Å². The fraction of sp³-hybridized carbons (Fsp3) is 0.423. The molecule has 3 N–H and O–H groups in total. The van der Waals surface area contributed by atoms with Crippen LogP contribution >= 0.6 is 0 Å². The standard InChI is InChI=1S/C26H30N2O6/c1-2-26(15-33-16-26)14-27-24(31)22(11-12-23(29)30)28-25(32)34-13-21-19-9-5-3-7-17(19)18-8-4-6-10-20(18)21/h3-10,21-22H,2,11-16H2,1H3,(H,27,31)(H,28,32)(H,29,30). The highest BCUT2D eigenvalue weighted by Gasteiger charge is 2.37. The minimum Gasteiger partial charge on any atom is -0.481 e. The molecule has 8 nitrogen and oxygen atoms in total. The van der Waals surface area contributed by atoms with E-state index in [4.69, 9.17) is 14.6 Å². The van der Waals surface area contributed by atoms with Crippen LogP contribution in [0.3, 0.4) is 0 Å². The number of carbonyl (C=O) groups excluding carboxylic acids is 2. The van der Waals surface area contributed by atoms with E-state index in [1.54, 1.807) is 0 Å². The lowest BCUT2D eigenvalue weighted by atomic mass is 9.83. The molecule has 2 aliphatic rings. The molecule has 2 aromatic rings. The molecular weight excluding hydrogens is 436 g/mol. The fourth-order valence-electron chi connectivity index (χ4n) is 4.54. The van der Waals surface area contributed by atoms with Crippen LogP contribution in [0.2, 0.25) is 0 Å². The van der Waals surface area contributed by atoms with Crippen molar-refractivity contribution in [3.63, 3.8) is 0 Å². The maximum Gasteiger partial charge on any atom is 0.407 e. The quantitative estimate of drug-likeness (QED) is 0.495. The zero-order valence-corrected chi connectivity index (χ0v) is 19.2. The van der Waals surface area contributed by atoms with Gasteiger partial charge in [0.25, 0.3) is 0 Å². The molecule has 34 heavy (non-hydrogen) atoms. The summed E-state index contributed by atoms with van der Waals surface area (Å²) in [6.07, 6.45) is -0.165. The summed E-state index contributed by atoms with van der Waals surface area (Å²) in [7, 11) is 0. The molecule has 4 rings (SSSR count). The van der Waals surface area contributed by atoms with Crippen molar-refractivity contribution in [1.29, 1.82) is 0 Å². The second kappa shape index (κ2) is 10.3. The van der Waals surface area contributed by atoms with Gasteiger partial charge >= 0.3 is 12.1 Å². The first kappa shape index (κ1) is 23.8. The van der Waals surface area contributed by atoms with Crippen LogP contribution in [0.1, 0.15) is 43.2 Å². The first-order valence-corrected chi connectivity index (χ1v) is 11.6. The number of hydrogen-bond acceptors (Lipinski definition) is 5. The van der Waals surface area contributed by atoms with E-state index >= 15 is 0 Å². The van der Waals surface area contributed by atoms with Crippen LogP contribution in [0.25, 0.3) is 11.1 Å². The first-order valence-electron chi connectivity index (χ1n) is 11.6. The molecule has 0 bridgehead atoms. The molecule has 1 heterocycles. The van der Waals surface area contributed by atoms with Gasteiger partial charge in [-0.1, -0.05) is 55.5 Å². The van der Waals surface area contributed by atoms with E-state index in [1.165, 1.54) is 0 Å². The summed E-state index contributed by atoms with van der Waals surface area (Å²) in [5, 5.41) is 14.5. The molecule has 1 atom stereocenters. The van der Waals surface area contributed by atoms with Crippen LogP contribution in [0.15, 0.2) is 48.5 Å². The van der Waals surface area contributed by atoms with E-state index in [0.717, 1.165) is 28.7 Å². The number of hydrogen-bond donors (Lipinski definition) is 3. The lowest BCUT2D eigenvalue weighted by molar-refractivity contribution is -0.137. The Morgan fingerprint density at radius 2 is 1.71 bits per heavy atom. The van der Waals surface area contributed by atoms with Crippen molar-refractivity contribution in [3.8, 4) is 11.1 Å².